The van der Waals surface area contributed by atoms with E-state index in [-0.39, 0.29) is 6.03 Å². The second kappa shape index (κ2) is 4.48. The van der Waals surface area contributed by atoms with Crippen LogP contribution in [-0.4, -0.2) is 24.0 Å². The summed E-state index contributed by atoms with van der Waals surface area (Å²) in [5, 5.41) is 7.11. The Labute approximate surface area is 127 Å². The first kappa shape index (κ1) is 12.7. The summed E-state index contributed by atoms with van der Waals surface area (Å²) in [6, 6.07) is 15.5. The van der Waals surface area contributed by atoms with Gasteiger partial charge in [-0.1, -0.05) is 41.9 Å². The van der Waals surface area contributed by atoms with E-state index in [1.807, 2.05) is 47.4 Å². The van der Waals surface area contributed by atoms with Gasteiger partial charge in [0.1, 0.15) is 5.66 Å². The van der Waals surface area contributed by atoms with Crippen molar-refractivity contribution in [1.82, 2.24) is 10.2 Å². The summed E-state index contributed by atoms with van der Waals surface area (Å²) in [5.41, 5.74) is 2.20. The molecule has 2 N–H and O–H groups in total. The fourth-order valence-electron chi connectivity index (χ4n) is 3.31. The lowest BCUT2D eigenvalue weighted by Gasteiger charge is -2.43. The van der Waals surface area contributed by atoms with Crippen molar-refractivity contribution in [2.24, 2.45) is 0 Å². The monoisotopic (exact) mass is 299 g/mol. The Kier molecular flexibility index (Phi) is 2.71. The number of nitrogens with zero attached hydrogens (tertiary/aromatic N) is 1. The third kappa shape index (κ3) is 1.69. The molecule has 0 spiro atoms. The van der Waals surface area contributed by atoms with E-state index in [1.54, 1.807) is 6.07 Å². The van der Waals surface area contributed by atoms with Gasteiger partial charge in [-0.15, -0.1) is 0 Å². The van der Waals surface area contributed by atoms with Gasteiger partial charge < -0.3 is 5.32 Å². The molecule has 21 heavy (non-hydrogen) atoms. The van der Waals surface area contributed by atoms with Crippen LogP contribution >= 0.6 is 11.6 Å². The Hall–Kier alpha value is -2.04. The predicted molar refractivity (Wildman–Crippen MR) is 82.4 cm³/mol. The molecule has 1 unspecified atom stereocenters. The van der Waals surface area contributed by atoms with Gasteiger partial charge >= 0.3 is 6.03 Å². The van der Waals surface area contributed by atoms with E-state index in [9.17, 15) is 4.79 Å². The molecule has 2 aliphatic rings. The number of amides is 2. The second-order valence-corrected chi connectivity index (χ2v) is 5.71. The van der Waals surface area contributed by atoms with Gasteiger partial charge in [0.15, 0.2) is 0 Å². The molecule has 0 aliphatic carbocycles. The number of carbonyl (C=O) groups excluding carboxylic acids is 1. The normalized spacial score (nSPS) is 23.5. The molecular weight excluding hydrogens is 286 g/mol. The average molecular weight is 300 g/mol. The molecule has 4 nitrogen and oxygen atoms in total. The molecule has 0 aromatic heterocycles. The molecule has 1 saturated heterocycles. The third-order valence-corrected chi connectivity index (χ3v) is 4.41. The first-order valence-electron chi connectivity index (χ1n) is 6.91. The van der Waals surface area contributed by atoms with E-state index in [1.165, 1.54) is 0 Å². The van der Waals surface area contributed by atoms with Gasteiger partial charge in [-0.05, 0) is 23.8 Å². The average Bonchev–Trinajstić information content (AvgIpc) is 2.96. The van der Waals surface area contributed by atoms with Crippen LogP contribution in [0.25, 0.3) is 0 Å². The van der Waals surface area contributed by atoms with E-state index in [0.717, 1.165) is 23.4 Å². The zero-order valence-electron chi connectivity index (χ0n) is 11.3. The summed E-state index contributed by atoms with van der Waals surface area (Å²) < 4.78 is 0. The van der Waals surface area contributed by atoms with Crippen LogP contribution in [0.2, 0.25) is 5.02 Å². The molecule has 0 bridgehead atoms. The molecule has 4 rings (SSSR count). The topological polar surface area (TPSA) is 44.4 Å². The van der Waals surface area contributed by atoms with E-state index in [2.05, 4.69) is 10.6 Å². The van der Waals surface area contributed by atoms with Gasteiger partial charge in [0.05, 0.1) is 0 Å². The van der Waals surface area contributed by atoms with Crippen molar-refractivity contribution in [2.45, 2.75) is 5.66 Å². The van der Waals surface area contributed by atoms with Crippen LogP contribution in [0, 0.1) is 0 Å². The number of hydrogen-bond donors (Lipinski definition) is 2. The summed E-state index contributed by atoms with van der Waals surface area (Å²) in [6.45, 7) is 1.40. The van der Waals surface area contributed by atoms with Crippen molar-refractivity contribution in [3.05, 3.63) is 64.7 Å². The summed E-state index contributed by atoms with van der Waals surface area (Å²) in [5.74, 6) is 0. The molecule has 2 amide bonds. The Bertz CT molecular complexity index is 719. The van der Waals surface area contributed by atoms with E-state index >= 15 is 0 Å². The zero-order valence-corrected chi connectivity index (χ0v) is 12.0. The van der Waals surface area contributed by atoms with Gasteiger partial charge in [0.2, 0.25) is 0 Å². The fraction of sp³-hybridized carbons (Fsp3) is 0.188. The fourth-order valence-corrected chi connectivity index (χ4v) is 3.48. The van der Waals surface area contributed by atoms with Crippen LogP contribution in [-0.2, 0) is 5.66 Å². The maximum atomic E-state index is 12.4. The third-order valence-electron chi connectivity index (χ3n) is 4.17. The maximum absolute atomic E-state index is 12.4. The molecular formula is C16H14ClN3O. The quantitative estimate of drug-likeness (QED) is 0.850. The summed E-state index contributed by atoms with van der Waals surface area (Å²) >= 11 is 6.19. The Morgan fingerprint density at radius 2 is 1.95 bits per heavy atom. The van der Waals surface area contributed by atoms with Gasteiger partial charge in [0, 0.05) is 29.4 Å². The smallest absolute Gasteiger partial charge is 0.307 e. The highest BCUT2D eigenvalue weighted by atomic mass is 35.5. The number of carbonyl (C=O) groups is 1. The largest absolute Gasteiger partial charge is 0.323 e. The summed E-state index contributed by atoms with van der Waals surface area (Å²) in [6.07, 6.45) is 0. The number of fused-ring (bicyclic) bond motifs is 3. The molecule has 2 aromatic carbocycles. The van der Waals surface area contributed by atoms with Crippen molar-refractivity contribution in [2.75, 3.05) is 18.4 Å². The summed E-state index contributed by atoms with van der Waals surface area (Å²) in [7, 11) is 0. The van der Waals surface area contributed by atoms with Gasteiger partial charge in [0.25, 0.3) is 0 Å². The zero-order chi connectivity index (χ0) is 14.4. The molecule has 1 atom stereocenters. The van der Waals surface area contributed by atoms with Crippen LogP contribution in [0.3, 0.4) is 0 Å². The molecule has 2 aromatic rings. The lowest BCUT2D eigenvalue weighted by molar-refractivity contribution is 0.165. The van der Waals surface area contributed by atoms with Gasteiger partial charge in [-0.3, -0.25) is 10.2 Å². The van der Waals surface area contributed by atoms with Gasteiger partial charge in [-0.25, -0.2) is 4.79 Å². The van der Waals surface area contributed by atoms with Crippen LogP contribution in [0.4, 0.5) is 10.5 Å². The van der Waals surface area contributed by atoms with Gasteiger partial charge in [-0.2, -0.15) is 0 Å². The van der Waals surface area contributed by atoms with Crippen molar-refractivity contribution in [3.8, 4) is 0 Å². The number of rotatable bonds is 1. The molecule has 2 heterocycles. The minimum absolute atomic E-state index is 0.0846. The van der Waals surface area contributed by atoms with Crippen molar-refractivity contribution < 1.29 is 4.79 Å². The first-order valence-corrected chi connectivity index (χ1v) is 7.29. The second-order valence-electron chi connectivity index (χ2n) is 5.27. The van der Waals surface area contributed by atoms with E-state index < -0.39 is 5.66 Å². The highest BCUT2D eigenvalue weighted by molar-refractivity contribution is 6.30. The summed E-state index contributed by atoms with van der Waals surface area (Å²) in [4.78, 5) is 14.3. The standard InChI is InChI=1S/C16H14ClN3O/c17-12-6-7-14-13(10-12)16(11-4-2-1-3-5-11)18-8-9-20(16)15(21)19-14/h1-7,10,18H,8-9H2,(H,19,21). The number of nitrogens with one attached hydrogen (secondary N) is 2. The molecule has 5 heteroatoms. The SMILES string of the molecule is O=C1Nc2ccc(Cl)cc2C2(c3ccccc3)NCCN12. The maximum Gasteiger partial charge on any atom is 0.323 e. The van der Waals surface area contributed by atoms with Crippen molar-refractivity contribution in [1.29, 1.82) is 0 Å². The lowest BCUT2D eigenvalue weighted by atomic mass is 9.88. The van der Waals surface area contributed by atoms with Crippen LogP contribution < -0.4 is 10.6 Å². The minimum atomic E-state index is -0.635. The molecule has 106 valence electrons. The number of halogens is 1. The molecule has 2 aliphatic heterocycles. The number of urea groups is 1. The van der Waals surface area contributed by atoms with Crippen LogP contribution in [0.15, 0.2) is 48.5 Å². The van der Waals surface area contributed by atoms with Crippen molar-refractivity contribution >= 4 is 23.3 Å². The Morgan fingerprint density at radius 3 is 2.76 bits per heavy atom. The molecule has 1 fully saturated rings. The van der Waals surface area contributed by atoms with Crippen LogP contribution in [0.1, 0.15) is 11.1 Å². The Balaban J connectivity index is 2.02. The van der Waals surface area contributed by atoms with Crippen molar-refractivity contribution in [3.63, 3.8) is 0 Å². The Morgan fingerprint density at radius 1 is 1.14 bits per heavy atom. The molecule has 0 radical (unpaired) electrons. The first-order chi connectivity index (χ1) is 10.2. The number of anilines is 1. The number of benzene rings is 2. The lowest BCUT2D eigenvalue weighted by Crippen LogP contribution is -2.56. The number of hydrogen-bond acceptors (Lipinski definition) is 2. The van der Waals surface area contributed by atoms with E-state index in [4.69, 9.17) is 11.6 Å². The predicted octanol–water partition coefficient (Wildman–Crippen LogP) is 2.99. The van der Waals surface area contributed by atoms with E-state index in [0.29, 0.717) is 11.6 Å². The highest BCUT2D eigenvalue weighted by Crippen LogP contribution is 2.43. The highest BCUT2D eigenvalue weighted by Gasteiger charge is 2.50. The van der Waals surface area contributed by atoms with Crippen LogP contribution in [0.5, 0.6) is 0 Å². The molecule has 0 saturated carbocycles. The minimum Gasteiger partial charge on any atom is -0.307 e.